The van der Waals surface area contributed by atoms with Crippen LogP contribution in [0, 0.1) is 13.8 Å². The molecule has 2 N–H and O–H groups in total. The van der Waals surface area contributed by atoms with Crippen LogP contribution in [0.1, 0.15) is 17.3 Å². The van der Waals surface area contributed by atoms with E-state index in [-0.39, 0.29) is 23.1 Å². The van der Waals surface area contributed by atoms with Crippen molar-refractivity contribution in [3.05, 3.63) is 34.0 Å². The van der Waals surface area contributed by atoms with Gasteiger partial charge >= 0.3 is 0 Å². The van der Waals surface area contributed by atoms with Gasteiger partial charge in [-0.15, -0.1) is 10.2 Å². The van der Waals surface area contributed by atoms with Gasteiger partial charge < -0.3 is 9.15 Å². The molecule has 0 saturated heterocycles. The van der Waals surface area contributed by atoms with E-state index >= 15 is 0 Å². The molecule has 108 valence electrons. The predicted octanol–water partition coefficient (Wildman–Crippen LogP) is 1.68. The van der Waals surface area contributed by atoms with E-state index in [1.54, 1.807) is 19.9 Å². The maximum Gasteiger partial charge on any atom is 0.253 e. The van der Waals surface area contributed by atoms with Gasteiger partial charge in [0.2, 0.25) is 15.9 Å². The van der Waals surface area contributed by atoms with Gasteiger partial charge in [-0.1, -0.05) is 15.9 Å². The molecule has 20 heavy (non-hydrogen) atoms. The van der Waals surface area contributed by atoms with Crippen LogP contribution in [0.5, 0.6) is 5.75 Å². The van der Waals surface area contributed by atoms with Crippen LogP contribution in [0.4, 0.5) is 0 Å². The zero-order valence-corrected chi connectivity index (χ0v) is 13.2. The molecule has 0 aliphatic heterocycles. The average molecular weight is 362 g/mol. The Labute approximate surface area is 124 Å². The van der Waals surface area contributed by atoms with Crippen LogP contribution in [0.25, 0.3) is 0 Å². The Morgan fingerprint density at radius 2 is 2.05 bits per heavy atom. The van der Waals surface area contributed by atoms with E-state index in [4.69, 9.17) is 14.3 Å². The summed E-state index contributed by atoms with van der Waals surface area (Å²) in [5.74, 6) is 0.833. The lowest BCUT2D eigenvalue weighted by atomic mass is 10.2. The minimum atomic E-state index is -3.90. The summed E-state index contributed by atoms with van der Waals surface area (Å²) in [6, 6.07) is 3.11. The van der Waals surface area contributed by atoms with E-state index in [1.807, 2.05) is 0 Å². The number of primary sulfonamides is 1. The second kappa shape index (κ2) is 5.51. The zero-order chi connectivity index (χ0) is 14.9. The zero-order valence-electron chi connectivity index (χ0n) is 10.8. The molecule has 0 atom stereocenters. The predicted molar refractivity (Wildman–Crippen MR) is 73.6 cm³/mol. The summed E-state index contributed by atoms with van der Waals surface area (Å²) < 4.78 is 34.4. The molecule has 0 unspecified atom stereocenters. The lowest BCUT2D eigenvalue weighted by Gasteiger charge is -2.12. The Kier molecular flexibility index (Phi) is 4.11. The molecule has 0 saturated carbocycles. The lowest BCUT2D eigenvalue weighted by molar-refractivity contribution is 0.253. The van der Waals surface area contributed by atoms with Gasteiger partial charge in [0.15, 0.2) is 6.61 Å². The van der Waals surface area contributed by atoms with Crippen molar-refractivity contribution in [1.82, 2.24) is 10.2 Å². The van der Waals surface area contributed by atoms with Crippen molar-refractivity contribution in [2.75, 3.05) is 0 Å². The van der Waals surface area contributed by atoms with Gasteiger partial charge in [0, 0.05) is 11.4 Å². The standard InChI is InChI=1S/C11H12BrN3O4S/c1-6-3-8(12)4-9(20(13,16)17)11(6)18-5-10-15-14-7(2)19-10/h3-4H,5H2,1-2H3,(H2,13,16,17). The van der Waals surface area contributed by atoms with E-state index in [0.717, 1.165) is 0 Å². The highest BCUT2D eigenvalue weighted by molar-refractivity contribution is 9.10. The number of benzene rings is 1. The Balaban J connectivity index is 2.35. The van der Waals surface area contributed by atoms with E-state index in [1.165, 1.54) is 6.07 Å². The van der Waals surface area contributed by atoms with Gasteiger partial charge in [0.25, 0.3) is 5.89 Å². The van der Waals surface area contributed by atoms with Crippen molar-refractivity contribution in [1.29, 1.82) is 0 Å². The van der Waals surface area contributed by atoms with Gasteiger partial charge in [-0.3, -0.25) is 0 Å². The molecule has 0 spiro atoms. The van der Waals surface area contributed by atoms with Crippen LogP contribution in [0.3, 0.4) is 0 Å². The molecule has 0 aliphatic rings. The number of nitrogens with two attached hydrogens (primary N) is 1. The fourth-order valence-electron chi connectivity index (χ4n) is 1.63. The second-order valence-corrected chi connectivity index (χ2v) is 6.54. The minimum absolute atomic E-state index is 0.0359. The monoisotopic (exact) mass is 361 g/mol. The van der Waals surface area contributed by atoms with Gasteiger partial charge in [0.05, 0.1) is 0 Å². The Morgan fingerprint density at radius 3 is 2.60 bits per heavy atom. The van der Waals surface area contributed by atoms with E-state index in [0.29, 0.717) is 15.9 Å². The summed E-state index contributed by atoms with van der Waals surface area (Å²) in [5.41, 5.74) is 0.625. The summed E-state index contributed by atoms with van der Waals surface area (Å²) >= 11 is 3.22. The molecule has 2 rings (SSSR count). The normalized spacial score (nSPS) is 11.6. The summed E-state index contributed by atoms with van der Waals surface area (Å²) in [6.45, 7) is 3.33. The number of nitrogens with zero attached hydrogens (tertiary/aromatic N) is 2. The topological polar surface area (TPSA) is 108 Å². The molecule has 9 heteroatoms. The summed E-state index contributed by atoms with van der Waals surface area (Å²) in [6.07, 6.45) is 0. The van der Waals surface area contributed by atoms with Crippen molar-refractivity contribution in [2.45, 2.75) is 25.3 Å². The molecular formula is C11H12BrN3O4S. The third-order valence-corrected chi connectivity index (χ3v) is 3.79. The first kappa shape index (κ1) is 14.9. The second-order valence-electron chi connectivity index (χ2n) is 4.10. The van der Waals surface area contributed by atoms with E-state index in [9.17, 15) is 8.42 Å². The first-order chi connectivity index (χ1) is 9.27. The Bertz CT molecular complexity index is 742. The molecule has 0 aliphatic carbocycles. The third-order valence-electron chi connectivity index (χ3n) is 2.42. The molecule has 2 aromatic rings. The third kappa shape index (κ3) is 3.35. The summed E-state index contributed by atoms with van der Waals surface area (Å²) in [5, 5.41) is 12.6. The number of hydrogen-bond acceptors (Lipinski definition) is 6. The number of aromatic nitrogens is 2. The fourth-order valence-corrected chi connectivity index (χ4v) is 3.12. The molecule has 1 aromatic heterocycles. The first-order valence-electron chi connectivity index (χ1n) is 5.52. The molecule has 1 aromatic carbocycles. The van der Waals surface area contributed by atoms with Gasteiger partial charge in [-0.2, -0.15) is 0 Å². The van der Waals surface area contributed by atoms with Crippen LogP contribution >= 0.6 is 15.9 Å². The molecule has 0 amide bonds. The largest absolute Gasteiger partial charge is 0.482 e. The summed E-state index contributed by atoms with van der Waals surface area (Å²) in [7, 11) is -3.90. The Morgan fingerprint density at radius 1 is 1.35 bits per heavy atom. The first-order valence-corrected chi connectivity index (χ1v) is 7.86. The fraction of sp³-hybridized carbons (Fsp3) is 0.273. The van der Waals surface area contributed by atoms with Crippen molar-refractivity contribution < 1.29 is 17.6 Å². The number of halogens is 1. The number of aryl methyl sites for hydroxylation is 2. The van der Waals surface area contributed by atoms with E-state index in [2.05, 4.69) is 26.1 Å². The summed E-state index contributed by atoms with van der Waals surface area (Å²) in [4.78, 5) is -0.0967. The maximum absolute atomic E-state index is 11.6. The van der Waals surface area contributed by atoms with E-state index < -0.39 is 10.0 Å². The van der Waals surface area contributed by atoms with Gasteiger partial charge in [0.1, 0.15) is 10.6 Å². The molecule has 7 nitrogen and oxygen atoms in total. The van der Waals surface area contributed by atoms with Crippen molar-refractivity contribution in [2.24, 2.45) is 5.14 Å². The molecular weight excluding hydrogens is 350 g/mol. The van der Waals surface area contributed by atoms with Gasteiger partial charge in [-0.25, -0.2) is 13.6 Å². The number of rotatable bonds is 4. The van der Waals surface area contributed by atoms with Crippen LogP contribution in [0.2, 0.25) is 0 Å². The van der Waals surface area contributed by atoms with Crippen LogP contribution in [-0.4, -0.2) is 18.6 Å². The smallest absolute Gasteiger partial charge is 0.253 e. The van der Waals surface area contributed by atoms with Crippen LogP contribution < -0.4 is 9.88 Å². The van der Waals surface area contributed by atoms with Crippen LogP contribution in [-0.2, 0) is 16.6 Å². The lowest BCUT2D eigenvalue weighted by Crippen LogP contribution is -2.14. The number of sulfonamides is 1. The maximum atomic E-state index is 11.6. The molecule has 0 fully saturated rings. The SMILES string of the molecule is Cc1nnc(COc2c(C)cc(Br)cc2S(N)(=O)=O)o1. The van der Waals surface area contributed by atoms with Crippen molar-refractivity contribution in [3.8, 4) is 5.75 Å². The number of hydrogen-bond donors (Lipinski definition) is 1. The molecule has 1 heterocycles. The van der Waals surface area contributed by atoms with Crippen LogP contribution in [0.15, 0.2) is 25.9 Å². The quantitative estimate of drug-likeness (QED) is 0.886. The van der Waals surface area contributed by atoms with Crippen molar-refractivity contribution in [3.63, 3.8) is 0 Å². The number of ether oxygens (including phenoxy) is 1. The van der Waals surface area contributed by atoms with Gasteiger partial charge in [-0.05, 0) is 24.6 Å². The van der Waals surface area contributed by atoms with Crippen molar-refractivity contribution >= 4 is 26.0 Å². The highest BCUT2D eigenvalue weighted by Gasteiger charge is 2.19. The molecule has 0 bridgehead atoms. The highest BCUT2D eigenvalue weighted by atomic mass is 79.9. The molecule has 0 radical (unpaired) electrons. The highest BCUT2D eigenvalue weighted by Crippen LogP contribution is 2.31. The average Bonchev–Trinajstić information content (AvgIpc) is 2.72. The minimum Gasteiger partial charge on any atom is -0.482 e. The Hall–Kier alpha value is -1.45.